The molecule has 0 aromatic carbocycles. The molecule has 98 valence electrons. The van der Waals surface area contributed by atoms with E-state index in [1.54, 1.807) is 25.9 Å². The molecule has 2 amide bonds. The van der Waals surface area contributed by atoms with E-state index < -0.39 is 0 Å². The second-order valence-corrected chi connectivity index (χ2v) is 5.95. The van der Waals surface area contributed by atoms with Gasteiger partial charge in [0, 0.05) is 31.9 Å². The van der Waals surface area contributed by atoms with Crippen LogP contribution in [0.1, 0.15) is 20.3 Å². The van der Waals surface area contributed by atoms with E-state index in [0.717, 1.165) is 5.17 Å². The third kappa shape index (κ3) is 5.30. The number of urea groups is 1. The normalized spacial score (nSPS) is 26.5. The molecule has 1 fully saturated rings. The molecule has 0 aliphatic carbocycles. The summed E-state index contributed by atoms with van der Waals surface area (Å²) in [6.45, 7) is 5.57. The first-order valence-corrected chi connectivity index (χ1v) is 6.79. The molecule has 0 saturated carbocycles. The molecule has 0 aromatic heterocycles. The number of amidine groups is 1. The van der Waals surface area contributed by atoms with Gasteiger partial charge in [-0.25, -0.2) is 4.79 Å². The van der Waals surface area contributed by atoms with E-state index >= 15 is 0 Å². The molecule has 0 bridgehead atoms. The van der Waals surface area contributed by atoms with Gasteiger partial charge < -0.3 is 15.5 Å². The standard InChI is InChI=1S/C11H22N4OS/c1-8-7-9(2)17-10(14-8)12-5-6-13-11(16)15(3)4/h8-9H,5-7H2,1-4H3,(H,12,14)(H,13,16). The molecule has 2 N–H and O–H groups in total. The lowest BCUT2D eigenvalue weighted by molar-refractivity contribution is 0.218. The largest absolute Gasteiger partial charge is 0.362 e. The summed E-state index contributed by atoms with van der Waals surface area (Å²) in [6.07, 6.45) is 1.17. The van der Waals surface area contributed by atoms with E-state index in [9.17, 15) is 4.79 Å². The first-order valence-electron chi connectivity index (χ1n) is 5.92. The van der Waals surface area contributed by atoms with Crippen LogP contribution in [0.5, 0.6) is 0 Å². The van der Waals surface area contributed by atoms with E-state index in [2.05, 4.69) is 29.5 Å². The number of hydrogen-bond donors (Lipinski definition) is 2. The van der Waals surface area contributed by atoms with Gasteiger partial charge in [-0.05, 0) is 13.3 Å². The maximum atomic E-state index is 11.2. The van der Waals surface area contributed by atoms with Gasteiger partial charge in [0.1, 0.15) is 0 Å². The first kappa shape index (κ1) is 14.2. The number of thioether (sulfide) groups is 1. The van der Waals surface area contributed by atoms with Crippen molar-refractivity contribution >= 4 is 23.0 Å². The zero-order chi connectivity index (χ0) is 12.8. The van der Waals surface area contributed by atoms with Gasteiger partial charge in [-0.15, -0.1) is 0 Å². The molecular formula is C11H22N4OS. The highest BCUT2D eigenvalue weighted by atomic mass is 32.2. The van der Waals surface area contributed by atoms with Crippen molar-refractivity contribution in [3.63, 3.8) is 0 Å². The molecule has 1 saturated heterocycles. The Balaban J connectivity index is 2.26. The van der Waals surface area contributed by atoms with Crippen molar-refractivity contribution in [2.45, 2.75) is 31.6 Å². The van der Waals surface area contributed by atoms with Crippen LogP contribution in [-0.4, -0.2) is 54.6 Å². The predicted molar refractivity (Wildman–Crippen MR) is 73.7 cm³/mol. The summed E-state index contributed by atoms with van der Waals surface area (Å²) in [5.41, 5.74) is 0. The van der Waals surface area contributed by atoms with Crippen molar-refractivity contribution in [1.29, 1.82) is 0 Å². The highest BCUT2D eigenvalue weighted by Crippen LogP contribution is 2.21. The van der Waals surface area contributed by atoms with E-state index in [1.807, 2.05) is 0 Å². The molecule has 1 aliphatic heterocycles. The number of carbonyl (C=O) groups is 1. The number of nitrogens with one attached hydrogen (secondary N) is 2. The fourth-order valence-electron chi connectivity index (χ4n) is 1.60. The lowest BCUT2D eigenvalue weighted by Crippen LogP contribution is -2.39. The highest BCUT2D eigenvalue weighted by molar-refractivity contribution is 8.14. The molecule has 1 heterocycles. The van der Waals surface area contributed by atoms with Crippen LogP contribution in [0.15, 0.2) is 4.99 Å². The van der Waals surface area contributed by atoms with Crippen LogP contribution >= 0.6 is 11.8 Å². The lowest BCUT2D eigenvalue weighted by atomic mass is 10.2. The Kier molecular flexibility index (Phi) is 5.61. The topological polar surface area (TPSA) is 56.7 Å². The molecule has 1 aliphatic rings. The number of nitrogens with zero attached hydrogens (tertiary/aromatic N) is 2. The molecule has 2 unspecified atom stereocenters. The van der Waals surface area contributed by atoms with Gasteiger partial charge >= 0.3 is 6.03 Å². The summed E-state index contributed by atoms with van der Waals surface area (Å²) >= 11 is 1.77. The summed E-state index contributed by atoms with van der Waals surface area (Å²) in [6, 6.07) is 0.414. The Hall–Kier alpha value is -0.910. The summed E-state index contributed by atoms with van der Waals surface area (Å²) < 4.78 is 0. The van der Waals surface area contributed by atoms with E-state index in [4.69, 9.17) is 0 Å². The van der Waals surface area contributed by atoms with Gasteiger partial charge in [-0.3, -0.25) is 4.99 Å². The summed E-state index contributed by atoms with van der Waals surface area (Å²) in [4.78, 5) is 17.2. The monoisotopic (exact) mass is 258 g/mol. The molecule has 0 aromatic rings. The maximum Gasteiger partial charge on any atom is 0.316 e. The molecule has 5 nitrogen and oxygen atoms in total. The summed E-state index contributed by atoms with van der Waals surface area (Å²) in [5, 5.41) is 7.74. The van der Waals surface area contributed by atoms with Gasteiger partial charge in [0.2, 0.25) is 0 Å². The smallest absolute Gasteiger partial charge is 0.316 e. The van der Waals surface area contributed by atoms with Gasteiger partial charge in [-0.2, -0.15) is 0 Å². The Morgan fingerprint density at radius 2 is 2.29 bits per heavy atom. The van der Waals surface area contributed by atoms with Crippen LogP contribution in [0.4, 0.5) is 4.79 Å². The van der Waals surface area contributed by atoms with Crippen molar-refractivity contribution in [2.24, 2.45) is 4.99 Å². The first-order chi connectivity index (χ1) is 7.99. The quantitative estimate of drug-likeness (QED) is 0.746. The van der Waals surface area contributed by atoms with Crippen molar-refractivity contribution in [1.82, 2.24) is 15.5 Å². The molecule has 6 heteroatoms. The molecule has 2 atom stereocenters. The fourth-order valence-corrected chi connectivity index (χ4v) is 2.80. The minimum absolute atomic E-state index is 0.0730. The third-order valence-electron chi connectivity index (χ3n) is 2.42. The van der Waals surface area contributed by atoms with Crippen LogP contribution in [0, 0.1) is 0 Å². The number of rotatable bonds is 3. The molecule has 0 radical (unpaired) electrons. The molecule has 1 rings (SSSR count). The Labute approximate surface area is 107 Å². The van der Waals surface area contributed by atoms with Gasteiger partial charge in [0.15, 0.2) is 5.17 Å². The SMILES string of the molecule is CC1CC(C)SC(=NCCNC(=O)N(C)C)N1. The average molecular weight is 258 g/mol. The minimum Gasteiger partial charge on any atom is -0.362 e. The summed E-state index contributed by atoms with van der Waals surface area (Å²) in [7, 11) is 3.45. The maximum absolute atomic E-state index is 11.2. The van der Waals surface area contributed by atoms with Crippen LogP contribution in [0.3, 0.4) is 0 Å². The average Bonchev–Trinajstić information content (AvgIpc) is 2.22. The summed E-state index contributed by atoms with van der Waals surface area (Å²) in [5.74, 6) is 0. The zero-order valence-corrected chi connectivity index (χ0v) is 11.8. The Morgan fingerprint density at radius 3 is 2.88 bits per heavy atom. The lowest BCUT2D eigenvalue weighted by Gasteiger charge is -2.26. The van der Waals surface area contributed by atoms with Crippen LogP contribution in [-0.2, 0) is 0 Å². The Bertz CT molecular complexity index is 281. The van der Waals surface area contributed by atoms with Crippen molar-refractivity contribution < 1.29 is 4.79 Å². The van der Waals surface area contributed by atoms with Crippen LogP contribution in [0.2, 0.25) is 0 Å². The molecule has 0 spiro atoms. The second kappa shape index (κ2) is 6.74. The third-order valence-corrected chi connectivity index (χ3v) is 3.48. The van der Waals surface area contributed by atoms with Crippen molar-refractivity contribution in [3.8, 4) is 0 Å². The number of amides is 2. The van der Waals surface area contributed by atoms with Gasteiger partial charge in [-0.1, -0.05) is 18.7 Å². The Morgan fingerprint density at radius 1 is 1.59 bits per heavy atom. The van der Waals surface area contributed by atoms with Crippen LogP contribution in [0.25, 0.3) is 0 Å². The number of hydrogen-bond acceptors (Lipinski definition) is 3. The zero-order valence-electron chi connectivity index (χ0n) is 11.0. The minimum atomic E-state index is -0.0730. The van der Waals surface area contributed by atoms with Crippen molar-refractivity contribution in [3.05, 3.63) is 0 Å². The van der Waals surface area contributed by atoms with Crippen molar-refractivity contribution in [2.75, 3.05) is 27.2 Å². The van der Waals surface area contributed by atoms with Gasteiger partial charge in [0.05, 0.1) is 6.54 Å². The predicted octanol–water partition coefficient (Wildman–Crippen LogP) is 1.12. The van der Waals surface area contributed by atoms with Gasteiger partial charge in [0.25, 0.3) is 0 Å². The van der Waals surface area contributed by atoms with E-state index in [1.165, 1.54) is 11.3 Å². The number of aliphatic imine (C=N–C) groups is 1. The van der Waals surface area contributed by atoms with Crippen LogP contribution < -0.4 is 10.6 Å². The molecular weight excluding hydrogens is 236 g/mol. The highest BCUT2D eigenvalue weighted by Gasteiger charge is 2.19. The second-order valence-electron chi connectivity index (χ2n) is 4.52. The molecule has 17 heavy (non-hydrogen) atoms. The number of carbonyl (C=O) groups excluding carboxylic acids is 1. The fraction of sp³-hybridized carbons (Fsp3) is 0.818. The van der Waals surface area contributed by atoms with E-state index in [0.29, 0.717) is 24.4 Å². The van der Waals surface area contributed by atoms with E-state index in [-0.39, 0.29) is 6.03 Å².